The summed E-state index contributed by atoms with van der Waals surface area (Å²) in [5, 5.41) is 0. The van der Waals surface area contributed by atoms with Crippen LogP contribution in [0.4, 0.5) is 0 Å². The first kappa shape index (κ1) is 15.7. The van der Waals surface area contributed by atoms with Crippen molar-refractivity contribution in [3.8, 4) is 23.0 Å². The number of ether oxygens (including phenoxy) is 4. The zero-order valence-electron chi connectivity index (χ0n) is 14.6. The van der Waals surface area contributed by atoms with E-state index in [1.54, 1.807) is 14.2 Å². The molecule has 1 saturated heterocycles. The van der Waals surface area contributed by atoms with Crippen LogP contribution in [0.2, 0.25) is 0 Å². The fourth-order valence-corrected chi connectivity index (χ4v) is 4.72. The molecular weight excluding hydrogens is 348 g/mol. The highest BCUT2D eigenvalue weighted by molar-refractivity contribution is 7.99. The Morgan fingerprint density at radius 2 is 1.31 bits per heavy atom. The molecule has 0 radical (unpaired) electrons. The maximum absolute atomic E-state index is 6.48. The van der Waals surface area contributed by atoms with E-state index < -0.39 is 5.79 Å². The van der Waals surface area contributed by atoms with Gasteiger partial charge in [0.15, 0.2) is 0 Å². The molecule has 5 heteroatoms. The maximum Gasteiger partial charge on any atom is 0.299 e. The molecule has 0 atom stereocenters. The van der Waals surface area contributed by atoms with Crippen LogP contribution >= 0.6 is 11.8 Å². The summed E-state index contributed by atoms with van der Waals surface area (Å²) in [4.78, 5) is 0. The van der Waals surface area contributed by atoms with Crippen molar-refractivity contribution in [3.05, 3.63) is 58.7 Å². The van der Waals surface area contributed by atoms with Crippen molar-refractivity contribution >= 4 is 23.9 Å². The van der Waals surface area contributed by atoms with Gasteiger partial charge >= 0.3 is 0 Å². The molecule has 0 aliphatic carbocycles. The summed E-state index contributed by atoms with van der Waals surface area (Å²) in [6, 6.07) is 11.7. The fourth-order valence-electron chi connectivity index (χ4n) is 3.63. The molecule has 0 unspecified atom stereocenters. The van der Waals surface area contributed by atoms with E-state index in [9.17, 15) is 0 Å². The minimum atomic E-state index is -0.839. The van der Waals surface area contributed by atoms with Crippen molar-refractivity contribution < 1.29 is 18.9 Å². The first-order valence-electron chi connectivity index (χ1n) is 8.46. The van der Waals surface area contributed by atoms with Crippen LogP contribution in [0.3, 0.4) is 0 Å². The summed E-state index contributed by atoms with van der Waals surface area (Å²) < 4.78 is 23.7. The van der Waals surface area contributed by atoms with Crippen LogP contribution in [-0.2, 0) is 0 Å². The molecule has 26 heavy (non-hydrogen) atoms. The van der Waals surface area contributed by atoms with Crippen LogP contribution < -0.4 is 18.9 Å². The molecule has 0 aromatic heterocycles. The third-order valence-electron chi connectivity index (χ3n) is 4.96. The predicted molar refractivity (Wildman–Crippen MR) is 103 cm³/mol. The number of thioether (sulfide) groups is 1. The van der Waals surface area contributed by atoms with Gasteiger partial charge < -0.3 is 18.9 Å². The van der Waals surface area contributed by atoms with Crippen LogP contribution in [0.25, 0.3) is 12.2 Å². The van der Waals surface area contributed by atoms with Gasteiger partial charge in [0.25, 0.3) is 5.79 Å². The van der Waals surface area contributed by atoms with Crippen LogP contribution in [0.5, 0.6) is 23.0 Å². The highest BCUT2D eigenvalue weighted by atomic mass is 32.2. The monoisotopic (exact) mass is 366 g/mol. The van der Waals surface area contributed by atoms with Gasteiger partial charge in [-0.3, -0.25) is 0 Å². The van der Waals surface area contributed by atoms with Crippen molar-refractivity contribution in [3.63, 3.8) is 0 Å². The molecule has 0 saturated carbocycles. The summed E-state index contributed by atoms with van der Waals surface area (Å²) in [6.45, 7) is 0. The Balaban J connectivity index is 1.64. The molecule has 5 rings (SSSR count). The van der Waals surface area contributed by atoms with E-state index in [0.29, 0.717) is 0 Å². The number of hydrogen-bond donors (Lipinski definition) is 0. The Labute approximate surface area is 156 Å². The molecule has 4 nitrogen and oxygen atoms in total. The minimum absolute atomic E-state index is 0.810. The molecule has 0 amide bonds. The van der Waals surface area contributed by atoms with Gasteiger partial charge in [0.2, 0.25) is 0 Å². The van der Waals surface area contributed by atoms with E-state index in [1.165, 1.54) is 0 Å². The smallest absolute Gasteiger partial charge is 0.299 e. The van der Waals surface area contributed by atoms with E-state index in [4.69, 9.17) is 18.9 Å². The second kappa shape index (κ2) is 5.74. The van der Waals surface area contributed by atoms with Gasteiger partial charge in [0.05, 0.1) is 14.2 Å². The van der Waals surface area contributed by atoms with Gasteiger partial charge in [-0.05, 0) is 48.6 Å². The SMILES string of the molecule is COc1ccc2c(c1)C=C1CSCC3=Cc4cc(OC)ccc4OC13O2. The van der Waals surface area contributed by atoms with Crippen molar-refractivity contribution in [2.24, 2.45) is 0 Å². The Morgan fingerprint density at radius 3 is 1.77 bits per heavy atom. The molecule has 0 N–H and O–H groups in total. The van der Waals surface area contributed by atoms with Gasteiger partial charge in [-0.15, -0.1) is 0 Å². The molecule has 3 aliphatic heterocycles. The van der Waals surface area contributed by atoms with Crippen molar-refractivity contribution in [2.75, 3.05) is 25.7 Å². The van der Waals surface area contributed by atoms with Crippen LogP contribution in [0.1, 0.15) is 11.1 Å². The lowest BCUT2D eigenvalue weighted by molar-refractivity contribution is -0.0515. The fraction of sp³-hybridized carbons (Fsp3) is 0.238. The molecule has 132 valence electrons. The molecular formula is C21H18O4S. The average Bonchev–Trinajstić information content (AvgIpc) is 2.68. The van der Waals surface area contributed by atoms with Crippen LogP contribution in [0, 0.1) is 0 Å². The summed E-state index contributed by atoms with van der Waals surface area (Å²) in [6.07, 6.45) is 4.35. The van der Waals surface area contributed by atoms with Gasteiger partial charge in [-0.1, -0.05) is 0 Å². The standard InChI is InChI=1S/C21H18O4S/c1-22-17-3-5-19-13(9-17)7-15-11-26-12-16-8-14-10-18(23-2)4-6-20(14)25-21(15,16)24-19/h3-10H,11-12H2,1-2H3. The third kappa shape index (κ3) is 2.23. The van der Waals surface area contributed by atoms with E-state index in [2.05, 4.69) is 12.2 Å². The zero-order chi connectivity index (χ0) is 17.7. The van der Waals surface area contributed by atoms with Crippen LogP contribution in [0.15, 0.2) is 47.5 Å². The van der Waals surface area contributed by atoms with Gasteiger partial charge in [0.1, 0.15) is 23.0 Å². The zero-order valence-corrected chi connectivity index (χ0v) is 15.4. The van der Waals surface area contributed by atoms with Gasteiger partial charge in [0, 0.05) is 33.8 Å². The van der Waals surface area contributed by atoms with E-state index in [0.717, 1.165) is 56.8 Å². The summed E-state index contributed by atoms with van der Waals surface area (Å²) in [5.74, 6) is 4.17. The molecule has 1 spiro atoms. The maximum atomic E-state index is 6.48. The second-order valence-electron chi connectivity index (χ2n) is 6.46. The second-order valence-corrected chi connectivity index (χ2v) is 7.45. The molecule has 3 heterocycles. The Morgan fingerprint density at radius 1 is 0.808 bits per heavy atom. The highest BCUT2D eigenvalue weighted by Crippen LogP contribution is 2.50. The first-order chi connectivity index (χ1) is 12.7. The van der Waals surface area contributed by atoms with E-state index in [1.807, 2.05) is 48.2 Å². The number of methoxy groups -OCH3 is 2. The third-order valence-corrected chi connectivity index (χ3v) is 5.99. The average molecular weight is 366 g/mol. The number of hydrogen-bond acceptors (Lipinski definition) is 5. The summed E-state index contributed by atoms with van der Waals surface area (Å²) in [5.41, 5.74) is 4.30. The lowest BCUT2D eigenvalue weighted by Gasteiger charge is -2.45. The largest absolute Gasteiger partial charge is 0.497 e. The van der Waals surface area contributed by atoms with E-state index in [-0.39, 0.29) is 0 Å². The Bertz CT molecular complexity index is 883. The number of benzene rings is 2. The highest BCUT2D eigenvalue weighted by Gasteiger charge is 2.50. The number of rotatable bonds is 2. The lowest BCUT2D eigenvalue weighted by Crippen LogP contribution is -2.52. The van der Waals surface area contributed by atoms with Gasteiger partial charge in [-0.2, -0.15) is 11.8 Å². The molecule has 3 aliphatic rings. The molecule has 1 fully saturated rings. The van der Waals surface area contributed by atoms with Crippen molar-refractivity contribution in [1.82, 2.24) is 0 Å². The summed E-state index contributed by atoms with van der Waals surface area (Å²) >= 11 is 1.87. The predicted octanol–water partition coefficient (Wildman–Crippen LogP) is 4.40. The molecule has 2 aromatic rings. The number of fused-ring (bicyclic) bond motifs is 2. The molecule has 0 bridgehead atoms. The van der Waals surface area contributed by atoms with Crippen LogP contribution in [-0.4, -0.2) is 31.5 Å². The minimum Gasteiger partial charge on any atom is -0.497 e. The normalized spacial score (nSPS) is 18.5. The Hall–Kier alpha value is -2.53. The first-order valence-corrected chi connectivity index (χ1v) is 9.61. The van der Waals surface area contributed by atoms with E-state index >= 15 is 0 Å². The lowest BCUT2D eigenvalue weighted by atomic mass is 9.90. The Kier molecular flexibility index (Phi) is 3.47. The summed E-state index contributed by atoms with van der Waals surface area (Å²) in [7, 11) is 3.35. The van der Waals surface area contributed by atoms with Crippen molar-refractivity contribution in [1.29, 1.82) is 0 Å². The topological polar surface area (TPSA) is 36.9 Å². The van der Waals surface area contributed by atoms with Gasteiger partial charge in [-0.25, -0.2) is 0 Å². The van der Waals surface area contributed by atoms with Crippen molar-refractivity contribution in [2.45, 2.75) is 5.79 Å². The quantitative estimate of drug-likeness (QED) is 0.787. The molecule has 2 aromatic carbocycles.